The molecule has 1 fully saturated rings. The standard InChI is InChI=1S/C14H18Cl2N2O3/c15-11-5-10(6-12(16)7-11)9-21-14(19)18-3-4-20-13(8-18)1-2-17/h5-7,13H,1-4,8-9,17H2/t13-/m1/s1. The highest BCUT2D eigenvalue weighted by Gasteiger charge is 2.24. The van der Waals surface area contributed by atoms with Crippen LogP contribution in [0.4, 0.5) is 4.79 Å². The van der Waals surface area contributed by atoms with E-state index < -0.39 is 0 Å². The number of nitrogens with two attached hydrogens (primary N) is 1. The van der Waals surface area contributed by atoms with Crippen LogP contribution in [-0.2, 0) is 16.1 Å². The van der Waals surface area contributed by atoms with Crippen LogP contribution < -0.4 is 5.73 Å². The Balaban J connectivity index is 1.86. The van der Waals surface area contributed by atoms with Crippen LogP contribution in [0.1, 0.15) is 12.0 Å². The normalized spacial score (nSPS) is 18.6. The lowest BCUT2D eigenvalue weighted by atomic mass is 10.2. The second-order valence-electron chi connectivity index (χ2n) is 4.85. The van der Waals surface area contributed by atoms with E-state index in [1.54, 1.807) is 23.1 Å². The van der Waals surface area contributed by atoms with E-state index in [-0.39, 0.29) is 18.8 Å². The van der Waals surface area contributed by atoms with Gasteiger partial charge in [0.25, 0.3) is 0 Å². The smallest absolute Gasteiger partial charge is 0.410 e. The number of rotatable bonds is 4. The van der Waals surface area contributed by atoms with Crippen molar-refractivity contribution < 1.29 is 14.3 Å². The Morgan fingerprint density at radius 1 is 1.38 bits per heavy atom. The van der Waals surface area contributed by atoms with Gasteiger partial charge in [0.2, 0.25) is 0 Å². The van der Waals surface area contributed by atoms with Crippen LogP contribution in [0, 0.1) is 0 Å². The quantitative estimate of drug-likeness (QED) is 0.920. The topological polar surface area (TPSA) is 64.8 Å². The zero-order valence-corrected chi connectivity index (χ0v) is 13.1. The predicted molar refractivity (Wildman–Crippen MR) is 81.6 cm³/mol. The molecule has 1 heterocycles. The van der Waals surface area contributed by atoms with Crippen LogP contribution in [-0.4, -0.2) is 43.3 Å². The van der Waals surface area contributed by atoms with E-state index in [9.17, 15) is 4.79 Å². The number of carbonyl (C=O) groups is 1. The molecule has 2 N–H and O–H groups in total. The highest BCUT2D eigenvalue weighted by molar-refractivity contribution is 6.34. The van der Waals surface area contributed by atoms with Crippen LogP contribution >= 0.6 is 23.2 Å². The lowest BCUT2D eigenvalue weighted by Gasteiger charge is -2.32. The largest absolute Gasteiger partial charge is 0.445 e. The number of hydrogen-bond donors (Lipinski definition) is 1. The van der Waals surface area contributed by atoms with Gasteiger partial charge in [0.15, 0.2) is 0 Å². The molecule has 1 amide bonds. The van der Waals surface area contributed by atoms with Crippen molar-refractivity contribution in [2.24, 2.45) is 5.73 Å². The van der Waals surface area contributed by atoms with Crippen molar-refractivity contribution in [1.82, 2.24) is 4.90 Å². The minimum absolute atomic E-state index is 0.0167. The molecule has 1 atom stereocenters. The molecule has 2 rings (SSSR count). The molecule has 5 nitrogen and oxygen atoms in total. The maximum atomic E-state index is 12.0. The molecule has 1 aliphatic heterocycles. The average molecular weight is 333 g/mol. The molecule has 0 unspecified atom stereocenters. The fourth-order valence-electron chi connectivity index (χ4n) is 2.18. The van der Waals surface area contributed by atoms with Gasteiger partial charge >= 0.3 is 6.09 Å². The molecule has 116 valence electrons. The van der Waals surface area contributed by atoms with Crippen molar-refractivity contribution in [3.63, 3.8) is 0 Å². The van der Waals surface area contributed by atoms with Gasteiger partial charge in [0.05, 0.1) is 19.3 Å². The highest BCUT2D eigenvalue weighted by atomic mass is 35.5. The molecule has 1 aromatic rings. The van der Waals surface area contributed by atoms with Crippen LogP contribution in [0.3, 0.4) is 0 Å². The summed E-state index contributed by atoms with van der Waals surface area (Å²) in [4.78, 5) is 13.7. The van der Waals surface area contributed by atoms with Crippen LogP contribution in [0.25, 0.3) is 0 Å². The Labute approximate surface area is 133 Å². The van der Waals surface area contributed by atoms with Crippen molar-refractivity contribution in [2.45, 2.75) is 19.1 Å². The van der Waals surface area contributed by atoms with Gasteiger partial charge in [-0.25, -0.2) is 4.79 Å². The summed E-state index contributed by atoms with van der Waals surface area (Å²) in [5, 5.41) is 1.03. The van der Waals surface area contributed by atoms with Gasteiger partial charge in [-0.1, -0.05) is 23.2 Å². The molecule has 7 heteroatoms. The number of benzene rings is 1. The number of carbonyl (C=O) groups excluding carboxylic acids is 1. The highest BCUT2D eigenvalue weighted by Crippen LogP contribution is 2.20. The first kappa shape index (κ1) is 16.4. The second-order valence-corrected chi connectivity index (χ2v) is 5.72. The molecule has 21 heavy (non-hydrogen) atoms. The van der Waals surface area contributed by atoms with Crippen LogP contribution in [0.2, 0.25) is 10.0 Å². The monoisotopic (exact) mass is 332 g/mol. The second kappa shape index (κ2) is 7.84. The van der Waals surface area contributed by atoms with Crippen molar-refractivity contribution in [2.75, 3.05) is 26.2 Å². The number of morpholine rings is 1. The van der Waals surface area contributed by atoms with E-state index in [2.05, 4.69) is 0 Å². The minimum Gasteiger partial charge on any atom is -0.445 e. The fraction of sp³-hybridized carbons (Fsp3) is 0.500. The average Bonchev–Trinajstić information content (AvgIpc) is 2.44. The zero-order chi connectivity index (χ0) is 15.2. The number of amides is 1. The van der Waals surface area contributed by atoms with E-state index in [1.165, 1.54) is 0 Å². The van der Waals surface area contributed by atoms with Gasteiger partial charge in [-0.2, -0.15) is 0 Å². The van der Waals surface area contributed by atoms with Crippen molar-refractivity contribution in [1.29, 1.82) is 0 Å². The number of halogens is 2. The number of nitrogens with zero attached hydrogens (tertiary/aromatic N) is 1. The molecule has 0 saturated carbocycles. The third-order valence-electron chi connectivity index (χ3n) is 3.17. The molecular formula is C14H18Cl2N2O3. The van der Waals surface area contributed by atoms with Crippen molar-refractivity contribution in [3.05, 3.63) is 33.8 Å². The van der Waals surface area contributed by atoms with Gasteiger partial charge < -0.3 is 20.1 Å². The van der Waals surface area contributed by atoms with E-state index in [0.717, 1.165) is 12.0 Å². The summed E-state index contributed by atoms with van der Waals surface area (Å²) in [6.07, 6.45) is 0.349. The van der Waals surface area contributed by atoms with Gasteiger partial charge in [-0.3, -0.25) is 0 Å². The van der Waals surface area contributed by atoms with Crippen LogP contribution in [0.15, 0.2) is 18.2 Å². The SMILES string of the molecule is NCC[C@@H]1CN(C(=O)OCc2cc(Cl)cc(Cl)c2)CCO1. The maximum Gasteiger partial charge on any atom is 0.410 e. The Kier molecular flexibility index (Phi) is 6.11. The lowest BCUT2D eigenvalue weighted by Crippen LogP contribution is -2.46. The Hall–Kier alpha value is -1.01. The number of ether oxygens (including phenoxy) is 2. The van der Waals surface area contributed by atoms with E-state index in [0.29, 0.717) is 36.3 Å². The fourth-order valence-corrected chi connectivity index (χ4v) is 2.75. The van der Waals surface area contributed by atoms with E-state index >= 15 is 0 Å². The Morgan fingerprint density at radius 2 is 2.10 bits per heavy atom. The Bertz CT molecular complexity index is 477. The summed E-state index contributed by atoms with van der Waals surface area (Å²) in [6.45, 7) is 2.21. The maximum absolute atomic E-state index is 12.0. The Morgan fingerprint density at radius 3 is 2.76 bits per heavy atom. The summed E-state index contributed by atoms with van der Waals surface area (Å²) in [5.74, 6) is 0. The molecule has 1 aromatic carbocycles. The third kappa shape index (κ3) is 5.04. The molecule has 0 spiro atoms. The molecule has 0 bridgehead atoms. The molecule has 0 aliphatic carbocycles. The number of hydrogen-bond acceptors (Lipinski definition) is 4. The van der Waals surface area contributed by atoms with E-state index in [1.807, 2.05) is 0 Å². The summed E-state index contributed by atoms with van der Waals surface area (Å²) in [7, 11) is 0. The summed E-state index contributed by atoms with van der Waals surface area (Å²) in [5.41, 5.74) is 6.26. The summed E-state index contributed by atoms with van der Waals surface area (Å²) in [6, 6.07) is 5.07. The van der Waals surface area contributed by atoms with Gasteiger partial charge in [-0.15, -0.1) is 0 Å². The zero-order valence-electron chi connectivity index (χ0n) is 11.6. The predicted octanol–water partition coefficient (Wildman–Crippen LogP) is 2.68. The minimum atomic E-state index is -0.364. The molecular weight excluding hydrogens is 315 g/mol. The van der Waals surface area contributed by atoms with Gasteiger partial charge in [-0.05, 0) is 36.7 Å². The molecule has 1 aliphatic rings. The van der Waals surface area contributed by atoms with Gasteiger partial charge in [0, 0.05) is 16.6 Å². The lowest BCUT2D eigenvalue weighted by molar-refractivity contribution is -0.0302. The van der Waals surface area contributed by atoms with Crippen molar-refractivity contribution in [3.8, 4) is 0 Å². The van der Waals surface area contributed by atoms with Crippen molar-refractivity contribution >= 4 is 29.3 Å². The van der Waals surface area contributed by atoms with Crippen LogP contribution in [0.5, 0.6) is 0 Å². The molecule has 0 aromatic heterocycles. The summed E-state index contributed by atoms with van der Waals surface area (Å²) < 4.78 is 10.8. The summed E-state index contributed by atoms with van der Waals surface area (Å²) >= 11 is 11.8. The first-order valence-electron chi connectivity index (χ1n) is 6.77. The molecule has 1 saturated heterocycles. The van der Waals surface area contributed by atoms with E-state index in [4.69, 9.17) is 38.4 Å². The molecule has 0 radical (unpaired) electrons. The third-order valence-corrected chi connectivity index (χ3v) is 3.61. The first-order valence-corrected chi connectivity index (χ1v) is 7.52. The van der Waals surface area contributed by atoms with Gasteiger partial charge in [0.1, 0.15) is 6.61 Å². The first-order chi connectivity index (χ1) is 10.1.